The summed E-state index contributed by atoms with van der Waals surface area (Å²) < 4.78 is 9.94. The molecule has 0 unspecified atom stereocenters. The quantitative estimate of drug-likeness (QED) is 0.590. The third-order valence-corrected chi connectivity index (χ3v) is 4.18. The fourth-order valence-electron chi connectivity index (χ4n) is 2.75. The Bertz CT molecular complexity index is 490. The Morgan fingerprint density at radius 1 is 1.23 bits per heavy atom. The van der Waals surface area contributed by atoms with Gasteiger partial charge in [0, 0.05) is 13.0 Å². The Morgan fingerprint density at radius 2 is 2.00 bits per heavy atom. The van der Waals surface area contributed by atoms with Crippen molar-refractivity contribution < 1.29 is 23.9 Å². The summed E-state index contributed by atoms with van der Waals surface area (Å²) in [6.45, 7) is 4.94. The molecule has 0 aromatic rings. The van der Waals surface area contributed by atoms with E-state index in [1.807, 2.05) is 6.08 Å². The minimum absolute atomic E-state index is 0.0347. The van der Waals surface area contributed by atoms with Crippen LogP contribution in [0.15, 0.2) is 12.2 Å². The van der Waals surface area contributed by atoms with Crippen LogP contribution in [-0.2, 0) is 19.1 Å². The second-order valence-corrected chi connectivity index (χ2v) is 6.94. The Balaban J connectivity index is 2.79. The fourth-order valence-corrected chi connectivity index (χ4v) is 2.75. The number of ether oxygens (including phenoxy) is 2. The molecule has 0 aromatic carbocycles. The van der Waals surface area contributed by atoms with E-state index in [2.05, 4.69) is 30.6 Å². The molecule has 2 N–H and O–H groups in total. The van der Waals surface area contributed by atoms with E-state index in [0.717, 1.165) is 6.42 Å². The highest BCUT2D eigenvalue weighted by molar-refractivity contribution is 5.84. The van der Waals surface area contributed by atoms with E-state index in [9.17, 15) is 14.4 Å². The Labute approximate surface area is 155 Å². The maximum absolute atomic E-state index is 12.4. The van der Waals surface area contributed by atoms with E-state index in [0.29, 0.717) is 51.2 Å². The molecule has 0 radical (unpaired) electrons. The number of methoxy groups -OCH3 is 1. The van der Waals surface area contributed by atoms with Crippen molar-refractivity contribution in [3.05, 3.63) is 12.2 Å². The Hall–Kier alpha value is -2.05. The lowest BCUT2D eigenvalue weighted by molar-refractivity contribution is -0.145. The predicted molar refractivity (Wildman–Crippen MR) is 98.5 cm³/mol. The molecule has 0 spiro atoms. The van der Waals surface area contributed by atoms with Crippen molar-refractivity contribution in [2.75, 3.05) is 20.3 Å². The lowest BCUT2D eigenvalue weighted by Crippen LogP contribution is -2.42. The number of cyclic esters (lactones) is 1. The lowest BCUT2D eigenvalue weighted by atomic mass is 9.96. The van der Waals surface area contributed by atoms with Crippen LogP contribution in [0, 0.1) is 11.8 Å². The first-order chi connectivity index (χ1) is 12.4. The van der Waals surface area contributed by atoms with Crippen molar-refractivity contribution >= 4 is 18.0 Å². The summed E-state index contributed by atoms with van der Waals surface area (Å²) in [5.41, 5.74) is 0. The standard InChI is InChI=1S/C19H32N2O5/c1-14(2)9-10-15-7-6-12-26-19(24)20-11-5-4-8-16(18(23)25-3)21-17(22)13-15/h9-10,14-16H,4-8,11-13H2,1-3H3,(H,20,24)(H,21,22)/b10-9+/t15-,16+/m1/s1. The lowest BCUT2D eigenvalue weighted by Gasteiger charge is -2.18. The minimum Gasteiger partial charge on any atom is -0.467 e. The molecule has 148 valence electrons. The van der Waals surface area contributed by atoms with Crippen LogP contribution < -0.4 is 10.6 Å². The molecular weight excluding hydrogens is 336 g/mol. The van der Waals surface area contributed by atoms with Crippen molar-refractivity contribution in [3.8, 4) is 0 Å². The summed E-state index contributed by atoms with van der Waals surface area (Å²) in [6, 6.07) is -0.653. The van der Waals surface area contributed by atoms with Crippen LogP contribution in [0.2, 0.25) is 0 Å². The summed E-state index contributed by atoms with van der Waals surface area (Å²) in [5.74, 6) is -0.180. The van der Waals surface area contributed by atoms with Gasteiger partial charge in [0.05, 0.1) is 13.7 Å². The van der Waals surface area contributed by atoms with Gasteiger partial charge in [0.1, 0.15) is 6.04 Å². The normalized spacial score (nSPS) is 24.2. The van der Waals surface area contributed by atoms with E-state index in [1.165, 1.54) is 7.11 Å². The van der Waals surface area contributed by atoms with Crippen molar-refractivity contribution in [2.24, 2.45) is 11.8 Å². The number of hydrogen-bond donors (Lipinski definition) is 2. The molecule has 1 aliphatic heterocycles. The molecule has 26 heavy (non-hydrogen) atoms. The summed E-state index contributed by atoms with van der Waals surface area (Å²) in [7, 11) is 1.32. The summed E-state index contributed by atoms with van der Waals surface area (Å²) in [4.78, 5) is 35.9. The first kappa shape index (κ1) is 22.0. The maximum Gasteiger partial charge on any atom is 0.407 e. The molecule has 0 saturated carbocycles. The van der Waals surface area contributed by atoms with Crippen LogP contribution in [0.4, 0.5) is 4.79 Å². The predicted octanol–water partition coefficient (Wildman–Crippen LogP) is 2.55. The summed E-state index contributed by atoms with van der Waals surface area (Å²) in [6.07, 6.45) is 7.22. The van der Waals surface area contributed by atoms with Gasteiger partial charge < -0.3 is 20.1 Å². The number of hydrogen-bond acceptors (Lipinski definition) is 5. The third-order valence-electron chi connectivity index (χ3n) is 4.18. The van der Waals surface area contributed by atoms with E-state index < -0.39 is 18.1 Å². The minimum atomic E-state index is -0.653. The third kappa shape index (κ3) is 9.44. The van der Waals surface area contributed by atoms with E-state index in [4.69, 9.17) is 9.47 Å². The monoisotopic (exact) mass is 368 g/mol. The zero-order valence-electron chi connectivity index (χ0n) is 16.1. The first-order valence-electron chi connectivity index (χ1n) is 9.38. The molecule has 2 atom stereocenters. The SMILES string of the molecule is COC(=O)[C@@H]1CCCCNC(=O)OCCC[C@H](/C=C/C(C)C)CC(=O)N1. The molecular formula is C19H32N2O5. The number of amides is 2. The second kappa shape index (κ2) is 12.3. The van der Waals surface area contributed by atoms with E-state index in [1.54, 1.807) is 0 Å². The zero-order valence-corrected chi connectivity index (χ0v) is 16.1. The van der Waals surface area contributed by atoms with Gasteiger partial charge in [-0.25, -0.2) is 9.59 Å². The number of esters is 1. The number of alkyl carbamates (subject to hydrolysis) is 1. The van der Waals surface area contributed by atoms with Crippen molar-refractivity contribution in [3.63, 3.8) is 0 Å². The zero-order chi connectivity index (χ0) is 19.4. The highest BCUT2D eigenvalue weighted by Crippen LogP contribution is 2.16. The molecule has 0 aliphatic carbocycles. The molecule has 1 heterocycles. The largest absolute Gasteiger partial charge is 0.467 e. The number of rotatable bonds is 3. The highest BCUT2D eigenvalue weighted by Gasteiger charge is 2.22. The Kier molecular flexibility index (Phi) is 10.4. The van der Waals surface area contributed by atoms with E-state index in [-0.39, 0.29) is 11.8 Å². The fraction of sp³-hybridized carbons (Fsp3) is 0.737. The molecule has 7 nitrogen and oxygen atoms in total. The van der Waals surface area contributed by atoms with Crippen molar-refractivity contribution in [1.82, 2.24) is 10.6 Å². The molecule has 1 fully saturated rings. The van der Waals surface area contributed by atoms with Gasteiger partial charge in [-0.2, -0.15) is 0 Å². The van der Waals surface area contributed by atoms with Gasteiger partial charge in [-0.1, -0.05) is 26.0 Å². The van der Waals surface area contributed by atoms with Crippen molar-refractivity contribution in [1.29, 1.82) is 0 Å². The molecule has 2 amide bonds. The first-order valence-corrected chi connectivity index (χ1v) is 9.38. The van der Waals surface area contributed by atoms with Gasteiger partial charge >= 0.3 is 12.1 Å². The molecule has 1 saturated heterocycles. The van der Waals surface area contributed by atoms with Gasteiger partial charge in [-0.05, 0) is 43.9 Å². The number of nitrogens with one attached hydrogen (secondary N) is 2. The molecule has 1 aliphatic rings. The average Bonchev–Trinajstić information content (AvgIpc) is 2.60. The van der Waals surface area contributed by atoms with E-state index >= 15 is 0 Å². The van der Waals surface area contributed by atoms with Gasteiger partial charge in [0.2, 0.25) is 5.91 Å². The molecule has 0 bridgehead atoms. The number of carbonyl (C=O) groups is 3. The molecule has 7 heteroatoms. The van der Waals surface area contributed by atoms with Crippen LogP contribution in [0.5, 0.6) is 0 Å². The van der Waals surface area contributed by atoms with Crippen LogP contribution in [0.25, 0.3) is 0 Å². The molecule has 1 rings (SSSR count). The number of carbonyl (C=O) groups excluding carboxylic acids is 3. The van der Waals surface area contributed by atoms with Crippen LogP contribution in [-0.4, -0.2) is 44.3 Å². The molecule has 0 aromatic heterocycles. The highest BCUT2D eigenvalue weighted by atomic mass is 16.5. The van der Waals surface area contributed by atoms with Crippen molar-refractivity contribution in [2.45, 2.75) is 58.4 Å². The second-order valence-electron chi connectivity index (χ2n) is 6.94. The topological polar surface area (TPSA) is 93.7 Å². The number of allylic oxidation sites excluding steroid dienone is 2. The summed E-state index contributed by atoms with van der Waals surface area (Å²) >= 11 is 0. The maximum atomic E-state index is 12.4. The van der Waals surface area contributed by atoms with Gasteiger partial charge in [0.25, 0.3) is 0 Å². The van der Waals surface area contributed by atoms with Gasteiger partial charge in [-0.15, -0.1) is 0 Å². The van der Waals surface area contributed by atoms with Crippen LogP contribution in [0.3, 0.4) is 0 Å². The smallest absolute Gasteiger partial charge is 0.407 e. The van der Waals surface area contributed by atoms with Gasteiger partial charge in [-0.3, -0.25) is 4.79 Å². The Morgan fingerprint density at radius 3 is 2.69 bits per heavy atom. The van der Waals surface area contributed by atoms with Crippen LogP contribution >= 0.6 is 0 Å². The average molecular weight is 368 g/mol. The van der Waals surface area contributed by atoms with Gasteiger partial charge in [0.15, 0.2) is 0 Å². The summed E-state index contributed by atoms with van der Waals surface area (Å²) in [5, 5.41) is 5.49. The van der Waals surface area contributed by atoms with Crippen LogP contribution in [0.1, 0.15) is 52.4 Å².